The van der Waals surface area contributed by atoms with Crippen molar-refractivity contribution in [3.8, 4) is 0 Å². The summed E-state index contributed by atoms with van der Waals surface area (Å²) in [5, 5.41) is 0. The SMILES string of the molecule is C=C1CC2CC(=O)CC(C)(C1)C2. The summed E-state index contributed by atoms with van der Waals surface area (Å²) in [4.78, 5) is 11.4. The maximum atomic E-state index is 11.4. The van der Waals surface area contributed by atoms with Crippen molar-refractivity contribution < 1.29 is 4.79 Å². The van der Waals surface area contributed by atoms with Gasteiger partial charge >= 0.3 is 0 Å². The second kappa shape index (κ2) is 2.45. The molecule has 2 fully saturated rings. The predicted molar refractivity (Wildman–Crippen MR) is 48.8 cm³/mol. The Hall–Kier alpha value is -0.590. The highest BCUT2D eigenvalue weighted by Gasteiger charge is 2.40. The van der Waals surface area contributed by atoms with Gasteiger partial charge in [-0.2, -0.15) is 0 Å². The van der Waals surface area contributed by atoms with Crippen molar-refractivity contribution in [1.82, 2.24) is 0 Å². The van der Waals surface area contributed by atoms with Crippen LogP contribution in [0, 0.1) is 11.3 Å². The molecule has 0 amide bonds. The molecule has 0 heterocycles. The van der Waals surface area contributed by atoms with Crippen LogP contribution in [-0.2, 0) is 4.79 Å². The monoisotopic (exact) mass is 164 g/mol. The number of fused-ring (bicyclic) bond motifs is 2. The second-order valence-corrected chi connectivity index (χ2v) is 4.93. The zero-order valence-electron chi connectivity index (χ0n) is 7.73. The van der Waals surface area contributed by atoms with E-state index >= 15 is 0 Å². The minimum atomic E-state index is 0.273. The molecule has 66 valence electrons. The third-order valence-corrected chi connectivity index (χ3v) is 3.18. The fourth-order valence-corrected chi connectivity index (χ4v) is 3.07. The average Bonchev–Trinajstić information content (AvgIpc) is 1.78. The Morgan fingerprint density at radius 2 is 2.17 bits per heavy atom. The minimum absolute atomic E-state index is 0.273. The van der Waals surface area contributed by atoms with E-state index in [1.807, 2.05) is 0 Å². The molecular weight excluding hydrogens is 148 g/mol. The number of ketones is 1. The van der Waals surface area contributed by atoms with Gasteiger partial charge in [0.25, 0.3) is 0 Å². The summed E-state index contributed by atoms with van der Waals surface area (Å²) >= 11 is 0. The number of carbonyl (C=O) groups excluding carboxylic acids is 1. The zero-order chi connectivity index (χ0) is 8.77. The molecule has 2 bridgehead atoms. The molecule has 0 N–H and O–H groups in total. The summed E-state index contributed by atoms with van der Waals surface area (Å²) < 4.78 is 0. The van der Waals surface area contributed by atoms with Crippen molar-refractivity contribution in [3.63, 3.8) is 0 Å². The summed E-state index contributed by atoms with van der Waals surface area (Å²) in [5.74, 6) is 1.10. The van der Waals surface area contributed by atoms with Crippen LogP contribution in [0.15, 0.2) is 12.2 Å². The molecule has 0 radical (unpaired) electrons. The van der Waals surface area contributed by atoms with Crippen LogP contribution in [0.3, 0.4) is 0 Å². The molecule has 0 aromatic heterocycles. The first-order chi connectivity index (χ1) is 5.57. The second-order valence-electron chi connectivity index (χ2n) is 4.93. The highest BCUT2D eigenvalue weighted by molar-refractivity contribution is 5.80. The van der Waals surface area contributed by atoms with Gasteiger partial charge in [0, 0.05) is 12.8 Å². The molecule has 12 heavy (non-hydrogen) atoms. The maximum Gasteiger partial charge on any atom is 0.133 e. The van der Waals surface area contributed by atoms with E-state index in [0.717, 1.165) is 25.7 Å². The van der Waals surface area contributed by atoms with Crippen LogP contribution in [0.5, 0.6) is 0 Å². The van der Waals surface area contributed by atoms with Gasteiger partial charge in [-0.3, -0.25) is 4.79 Å². The standard InChI is InChI=1S/C11H16O/c1-8-3-9-4-10(12)7-11(2,5-8)6-9/h9H,1,3-7H2,2H3. The van der Waals surface area contributed by atoms with Crippen LogP contribution < -0.4 is 0 Å². The highest BCUT2D eigenvalue weighted by atomic mass is 16.1. The van der Waals surface area contributed by atoms with E-state index in [0.29, 0.717) is 11.7 Å². The van der Waals surface area contributed by atoms with Gasteiger partial charge in [-0.25, -0.2) is 0 Å². The van der Waals surface area contributed by atoms with Gasteiger partial charge in [0.15, 0.2) is 0 Å². The Kier molecular flexibility index (Phi) is 1.64. The first-order valence-corrected chi connectivity index (χ1v) is 4.76. The van der Waals surface area contributed by atoms with Crippen LogP contribution in [-0.4, -0.2) is 5.78 Å². The van der Waals surface area contributed by atoms with Crippen molar-refractivity contribution in [2.45, 2.75) is 39.0 Å². The molecule has 2 atom stereocenters. The summed E-state index contributed by atoms with van der Waals surface area (Å²) in [5.41, 5.74) is 1.64. The van der Waals surface area contributed by atoms with Gasteiger partial charge in [0.1, 0.15) is 5.78 Å². The molecule has 2 aliphatic carbocycles. The van der Waals surface area contributed by atoms with E-state index < -0.39 is 0 Å². The van der Waals surface area contributed by atoms with E-state index in [-0.39, 0.29) is 5.41 Å². The number of rotatable bonds is 0. The normalized spacial score (nSPS) is 41.6. The predicted octanol–water partition coefficient (Wildman–Crippen LogP) is 2.71. The number of hydrogen-bond acceptors (Lipinski definition) is 1. The van der Waals surface area contributed by atoms with Gasteiger partial charge in [-0.05, 0) is 30.6 Å². The smallest absolute Gasteiger partial charge is 0.133 e. The topological polar surface area (TPSA) is 17.1 Å². The average molecular weight is 164 g/mol. The Labute approximate surface area is 73.8 Å². The Balaban J connectivity index is 2.22. The molecule has 1 heteroatoms. The first kappa shape index (κ1) is 8.03. The van der Waals surface area contributed by atoms with Crippen LogP contribution in [0.1, 0.15) is 39.0 Å². The minimum Gasteiger partial charge on any atom is -0.300 e. The van der Waals surface area contributed by atoms with E-state index in [4.69, 9.17) is 0 Å². The lowest BCUT2D eigenvalue weighted by Gasteiger charge is -2.42. The molecule has 0 aromatic rings. The van der Waals surface area contributed by atoms with E-state index in [2.05, 4.69) is 13.5 Å². The van der Waals surface area contributed by atoms with Gasteiger partial charge in [0.05, 0.1) is 0 Å². The molecule has 2 rings (SSSR count). The fourth-order valence-electron chi connectivity index (χ4n) is 3.07. The Bertz CT molecular complexity index is 219. The summed E-state index contributed by atoms with van der Waals surface area (Å²) in [6.45, 7) is 6.29. The van der Waals surface area contributed by atoms with Gasteiger partial charge in [-0.15, -0.1) is 0 Å². The Morgan fingerprint density at radius 3 is 2.83 bits per heavy atom. The third kappa shape index (κ3) is 1.33. The molecule has 0 saturated heterocycles. The number of carbonyl (C=O) groups is 1. The molecular formula is C11H16O. The molecule has 0 aliphatic heterocycles. The number of allylic oxidation sites excluding steroid dienone is 1. The largest absolute Gasteiger partial charge is 0.300 e. The first-order valence-electron chi connectivity index (χ1n) is 4.76. The number of Topliss-reactive ketones (excluding diaryl/α,β-unsaturated/α-hetero) is 1. The summed E-state index contributed by atoms with van der Waals surface area (Å²) in [6.07, 6.45) is 5.03. The lowest BCUT2D eigenvalue weighted by molar-refractivity contribution is -0.126. The molecule has 1 nitrogen and oxygen atoms in total. The lowest BCUT2D eigenvalue weighted by Crippen LogP contribution is -2.35. The number of hydrogen-bond donors (Lipinski definition) is 0. The highest BCUT2D eigenvalue weighted by Crippen LogP contribution is 2.48. The van der Waals surface area contributed by atoms with E-state index in [1.165, 1.54) is 12.0 Å². The van der Waals surface area contributed by atoms with Crippen LogP contribution in [0.2, 0.25) is 0 Å². The molecule has 2 saturated carbocycles. The third-order valence-electron chi connectivity index (χ3n) is 3.18. The van der Waals surface area contributed by atoms with Crippen molar-refractivity contribution in [3.05, 3.63) is 12.2 Å². The fraction of sp³-hybridized carbons (Fsp3) is 0.727. The quantitative estimate of drug-likeness (QED) is 0.503. The van der Waals surface area contributed by atoms with Crippen LogP contribution in [0.25, 0.3) is 0 Å². The van der Waals surface area contributed by atoms with Crippen LogP contribution >= 0.6 is 0 Å². The molecule has 2 unspecified atom stereocenters. The Morgan fingerprint density at radius 1 is 1.42 bits per heavy atom. The van der Waals surface area contributed by atoms with Crippen molar-refractivity contribution in [1.29, 1.82) is 0 Å². The van der Waals surface area contributed by atoms with Crippen molar-refractivity contribution in [2.75, 3.05) is 0 Å². The van der Waals surface area contributed by atoms with E-state index in [9.17, 15) is 4.79 Å². The molecule has 2 aliphatic rings. The van der Waals surface area contributed by atoms with Gasteiger partial charge < -0.3 is 0 Å². The molecule has 0 aromatic carbocycles. The lowest BCUT2D eigenvalue weighted by atomic mass is 9.61. The van der Waals surface area contributed by atoms with Crippen molar-refractivity contribution >= 4 is 5.78 Å². The molecule has 0 spiro atoms. The van der Waals surface area contributed by atoms with Gasteiger partial charge in [0.2, 0.25) is 0 Å². The zero-order valence-corrected chi connectivity index (χ0v) is 7.73. The van der Waals surface area contributed by atoms with Gasteiger partial charge in [-0.1, -0.05) is 19.1 Å². The maximum absolute atomic E-state index is 11.4. The summed E-state index contributed by atoms with van der Waals surface area (Å²) in [7, 11) is 0. The summed E-state index contributed by atoms with van der Waals surface area (Å²) in [6, 6.07) is 0. The van der Waals surface area contributed by atoms with Crippen LogP contribution in [0.4, 0.5) is 0 Å². The van der Waals surface area contributed by atoms with E-state index in [1.54, 1.807) is 0 Å². The van der Waals surface area contributed by atoms with Crippen molar-refractivity contribution in [2.24, 2.45) is 11.3 Å².